The van der Waals surface area contributed by atoms with Crippen LogP contribution in [-0.4, -0.2) is 37.4 Å². The second-order valence-electron chi connectivity index (χ2n) is 4.21. The highest BCUT2D eigenvalue weighted by Crippen LogP contribution is 2.22. The minimum absolute atomic E-state index is 0.0616. The lowest BCUT2D eigenvalue weighted by atomic mass is 10.3. The molecule has 0 radical (unpaired) electrons. The van der Waals surface area contributed by atoms with Crippen LogP contribution < -0.4 is 0 Å². The third-order valence-electron chi connectivity index (χ3n) is 2.79. The van der Waals surface area contributed by atoms with Gasteiger partial charge in [0.25, 0.3) is 6.43 Å². The smallest absolute Gasteiger partial charge is 0.361 e. The van der Waals surface area contributed by atoms with Gasteiger partial charge in [-0.25, -0.2) is 18.3 Å². The summed E-state index contributed by atoms with van der Waals surface area (Å²) in [5, 5.41) is 11.2. The van der Waals surface area contributed by atoms with E-state index in [1.807, 2.05) is 6.92 Å². The highest BCUT2D eigenvalue weighted by molar-refractivity contribution is 5.88. The van der Waals surface area contributed by atoms with Gasteiger partial charge in [-0.1, -0.05) is 5.21 Å². The number of hydrogen-bond donors (Lipinski definition) is 0. The number of carbonyl (C=O) groups is 1. The van der Waals surface area contributed by atoms with Gasteiger partial charge in [-0.15, -0.1) is 5.10 Å². The number of aryl methyl sites for hydroxylation is 1. The van der Waals surface area contributed by atoms with Gasteiger partial charge in [-0.3, -0.25) is 4.68 Å². The zero-order chi connectivity index (χ0) is 15.4. The van der Waals surface area contributed by atoms with Gasteiger partial charge in [-0.2, -0.15) is 5.10 Å². The zero-order valence-corrected chi connectivity index (χ0v) is 11.7. The molecule has 2 heterocycles. The standard InChI is InChI=1S/C12H15F2N5O2/c1-3-18-6-8(5-15-18)7-19-10(11(13)14)9(16-17-19)12(20)21-4-2/h5-6,11H,3-4,7H2,1-2H3. The van der Waals surface area contributed by atoms with Crippen LogP contribution in [0.25, 0.3) is 0 Å². The average Bonchev–Trinajstić information content (AvgIpc) is 3.06. The van der Waals surface area contributed by atoms with E-state index in [0.717, 1.165) is 4.68 Å². The van der Waals surface area contributed by atoms with Crippen molar-refractivity contribution in [3.05, 3.63) is 29.3 Å². The molecule has 2 aromatic rings. The van der Waals surface area contributed by atoms with Crippen LogP contribution in [0.5, 0.6) is 0 Å². The van der Waals surface area contributed by atoms with E-state index in [9.17, 15) is 13.6 Å². The Hall–Kier alpha value is -2.32. The first-order chi connectivity index (χ1) is 10.1. The number of halogens is 2. The van der Waals surface area contributed by atoms with Crippen LogP contribution in [0.1, 0.15) is 42.0 Å². The summed E-state index contributed by atoms with van der Waals surface area (Å²) in [6.07, 6.45) is 0.409. The first-order valence-corrected chi connectivity index (χ1v) is 6.46. The monoisotopic (exact) mass is 299 g/mol. The van der Waals surface area contributed by atoms with Gasteiger partial charge < -0.3 is 4.74 Å². The number of hydrogen-bond acceptors (Lipinski definition) is 5. The van der Waals surface area contributed by atoms with Gasteiger partial charge in [0.05, 0.1) is 19.3 Å². The predicted molar refractivity (Wildman–Crippen MR) is 67.9 cm³/mol. The van der Waals surface area contributed by atoms with E-state index in [4.69, 9.17) is 4.74 Å². The van der Waals surface area contributed by atoms with Gasteiger partial charge in [0.2, 0.25) is 0 Å². The Bertz CT molecular complexity index is 623. The summed E-state index contributed by atoms with van der Waals surface area (Å²) in [6, 6.07) is 0. The molecule has 114 valence electrons. The number of aromatic nitrogens is 5. The molecule has 0 fully saturated rings. The van der Waals surface area contributed by atoms with Crippen LogP contribution in [0.4, 0.5) is 8.78 Å². The van der Waals surface area contributed by atoms with E-state index in [1.165, 1.54) is 0 Å². The maximum absolute atomic E-state index is 13.2. The molecule has 9 heteroatoms. The molecule has 0 N–H and O–H groups in total. The first-order valence-electron chi connectivity index (χ1n) is 6.46. The van der Waals surface area contributed by atoms with E-state index < -0.39 is 23.8 Å². The molecule has 2 rings (SSSR count). The molecule has 0 atom stereocenters. The summed E-state index contributed by atoms with van der Waals surface area (Å²) < 4.78 is 33.7. The molecule has 7 nitrogen and oxygen atoms in total. The van der Waals surface area contributed by atoms with Gasteiger partial charge in [0, 0.05) is 18.3 Å². The van der Waals surface area contributed by atoms with Crippen LogP contribution in [0.2, 0.25) is 0 Å². The normalized spacial score (nSPS) is 11.1. The van der Waals surface area contributed by atoms with E-state index in [2.05, 4.69) is 15.4 Å². The third kappa shape index (κ3) is 3.23. The molecular weight excluding hydrogens is 284 g/mol. The van der Waals surface area contributed by atoms with E-state index in [1.54, 1.807) is 24.0 Å². The molecule has 0 saturated heterocycles. The van der Waals surface area contributed by atoms with Crippen molar-refractivity contribution < 1.29 is 18.3 Å². The lowest BCUT2D eigenvalue weighted by Crippen LogP contribution is -2.12. The topological polar surface area (TPSA) is 74.8 Å². The summed E-state index contributed by atoms with van der Waals surface area (Å²) >= 11 is 0. The van der Waals surface area contributed by atoms with Crippen molar-refractivity contribution in [3.63, 3.8) is 0 Å². The predicted octanol–water partition coefficient (Wildman–Crippen LogP) is 1.66. The Balaban J connectivity index is 2.29. The van der Waals surface area contributed by atoms with E-state index in [0.29, 0.717) is 12.1 Å². The molecule has 0 saturated carbocycles. The molecule has 2 aromatic heterocycles. The molecular formula is C12H15F2N5O2. The second kappa shape index (κ2) is 6.42. The molecule has 0 aromatic carbocycles. The van der Waals surface area contributed by atoms with Crippen molar-refractivity contribution in [2.24, 2.45) is 0 Å². The van der Waals surface area contributed by atoms with Crippen LogP contribution in [0, 0.1) is 0 Å². The number of rotatable bonds is 6. The quantitative estimate of drug-likeness (QED) is 0.758. The highest BCUT2D eigenvalue weighted by atomic mass is 19.3. The molecule has 0 aliphatic heterocycles. The molecule has 0 spiro atoms. The van der Waals surface area contributed by atoms with Crippen LogP contribution >= 0.6 is 0 Å². The SMILES string of the molecule is CCOC(=O)c1nnn(Cc2cnn(CC)c2)c1C(F)F. The molecule has 0 amide bonds. The summed E-state index contributed by atoms with van der Waals surface area (Å²) in [5.41, 5.74) is -0.300. The van der Waals surface area contributed by atoms with E-state index >= 15 is 0 Å². The first kappa shape index (κ1) is 15.1. The van der Waals surface area contributed by atoms with E-state index in [-0.39, 0.29) is 13.2 Å². The van der Waals surface area contributed by atoms with Gasteiger partial charge in [0.15, 0.2) is 5.69 Å². The third-order valence-corrected chi connectivity index (χ3v) is 2.79. The summed E-state index contributed by atoms with van der Waals surface area (Å²) in [5.74, 6) is -0.900. The number of carbonyl (C=O) groups excluding carboxylic acids is 1. The fraction of sp³-hybridized carbons (Fsp3) is 0.500. The Morgan fingerprint density at radius 1 is 1.43 bits per heavy atom. The van der Waals surface area contributed by atoms with Crippen LogP contribution in [0.15, 0.2) is 12.4 Å². The van der Waals surface area contributed by atoms with Crippen molar-refractivity contribution in [2.75, 3.05) is 6.61 Å². The Morgan fingerprint density at radius 3 is 2.76 bits per heavy atom. The number of ether oxygens (including phenoxy) is 1. The van der Waals surface area contributed by atoms with Gasteiger partial charge in [-0.05, 0) is 13.8 Å². The van der Waals surface area contributed by atoms with Gasteiger partial charge in [0.1, 0.15) is 5.69 Å². The largest absolute Gasteiger partial charge is 0.461 e. The van der Waals surface area contributed by atoms with Crippen molar-refractivity contribution >= 4 is 5.97 Å². The summed E-state index contributed by atoms with van der Waals surface area (Å²) in [6.45, 7) is 4.32. The number of esters is 1. The van der Waals surface area contributed by atoms with Crippen molar-refractivity contribution in [1.29, 1.82) is 0 Å². The Labute approximate surface area is 119 Å². The molecule has 0 bridgehead atoms. The van der Waals surface area contributed by atoms with Crippen LogP contribution in [-0.2, 0) is 17.8 Å². The molecule has 0 aliphatic rings. The molecule has 0 aliphatic carbocycles. The lowest BCUT2D eigenvalue weighted by Gasteiger charge is -2.05. The Kier molecular flexibility index (Phi) is 4.61. The molecule has 21 heavy (non-hydrogen) atoms. The van der Waals surface area contributed by atoms with Crippen molar-refractivity contribution in [3.8, 4) is 0 Å². The fourth-order valence-corrected chi connectivity index (χ4v) is 1.83. The molecule has 0 unspecified atom stereocenters. The minimum Gasteiger partial charge on any atom is -0.461 e. The minimum atomic E-state index is -2.87. The maximum Gasteiger partial charge on any atom is 0.361 e. The van der Waals surface area contributed by atoms with Gasteiger partial charge >= 0.3 is 5.97 Å². The van der Waals surface area contributed by atoms with Crippen molar-refractivity contribution in [2.45, 2.75) is 33.4 Å². The maximum atomic E-state index is 13.2. The second-order valence-corrected chi connectivity index (χ2v) is 4.21. The highest BCUT2D eigenvalue weighted by Gasteiger charge is 2.27. The lowest BCUT2D eigenvalue weighted by molar-refractivity contribution is 0.0506. The zero-order valence-electron chi connectivity index (χ0n) is 11.7. The van der Waals surface area contributed by atoms with Crippen molar-refractivity contribution in [1.82, 2.24) is 24.8 Å². The number of nitrogens with zero attached hydrogens (tertiary/aromatic N) is 5. The summed E-state index contributed by atoms with van der Waals surface area (Å²) in [4.78, 5) is 11.6. The fourth-order valence-electron chi connectivity index (χ4n) is 1.83. The average molecular weight is 299 g/mol. The number of alkyl halides is 2. The Morgan fingerprint density at radius 2 is 2.19 bits per heavy atom. The summed E-state index contributed by atoms with van der Waals surface area (Å²) in [7, 11) is 0. The van der Waals surface area contributed by atoms with Crippen LogP contribution in [0.3, 0.4) is 0 Å².